The van der Waals surface area contributed by atoms with Crippen LogP contribution >= 0.6 is 23.2 Å². The lowest BCUT2D eigenvalue weighted by atomic mass is 9.89. The molecule has 0 aromatic carbocycles. The molecule has 0 radical (unpaired) electrons. The maximum Gasteiger partial charge on any atom is 0.0609 e. The van der Waals surface area contributed by atoms with Gasteiger partial charge in [0.05, 0.1) is 10.3 Å². The number of hydrogen-bond acceptors (Lipinski definition) is 0. The van der Waals surface area contributed by atoms with Gasteiger partial charge in [-0.25, -0.2) is 0 Å². The lowest BCUT2D eigenvalue weighted by Crippen LogP contribution is -2.33. The molecule has 1 atom stereocenters. The molecule has 0 aliphatic heterocycles. The van der Waals surface area contributed by atoms with Crippen molar-refractivity contribution in [2.24, 2.45) is 0 Å². The topological polar surface area (TPSA) is 0 Å². The van der Waals surface area contributed by atoms with Gasteiger partial charge < -0.3 is 0 Å². The highest BCUT2D eigenvalue weighted by atomic mass is 35.5. The SMILES string of the molecule is CCCCCCCCC(Cl)C(Cl)(CCCC)CCCC. The number of halogens is 2. The summed E-state index contributed by atoms with van der Waals surface area (Å²) in [6.07, 6.45) is 16.0. The third kappa shape index (κ3) is 9.50. The number of hydrogen-bond donors (Lipinski definition) is 0. The van der Waals surface area contributed by atoms with Gasteiger partial charge >= 0.3 is 0 Å². The third-order valence-corrected chi connectivity index (χ3v) is 5.65. The van der Waals surface area contributed by atoms with Crippen LogP contribution in [0.15, 0.2) is 0 Å². The molecule has 0 N–H and O–H groups in total. The molecular weight excluding hydrogens is 287 g/mol. The van der Waals surface area contributed by atoms with Gasteiger partial charge in [0.25, 0.3) is 0 Å². The fraction of sp³-hybridized carbons (Fsp3) is 1.00. The van der Waals surface area contributed by atoms with Crippen molar-refractivity contribution in [3.8, 4) is 0 Å². The minimum Gasteiger partial charge on any atom is -0.121 e. The Morgan fingerprint density at radius 1 is 0.700 bits per heavy atom. The van der Waals surface area contributed by atoms with Crippen molar-refractivity contribution in [3.05, 3.63) is 0 Å². The average Bonchev–Trinajstić information content (AvgIpc) is 2.46. The maximum atomic E-state index is 6.88. The number of rotatable bonds is 14. The zero-order chi connectivity index (χ0) is 15.3. The van der Waals surface area contributed by atoms with Gasteiger partial charge in [-0.05, 0) is 19.3 Å². The second kappa shape index (κ2) is 13.3. The van der Waals surface area contributed by atoms with Crippen LogP contribution in [0.2, 0.25) is 0 Å². The molecule has 0 saturated heterocycles. The monoisotopic (exact) mass is 322 g/mol. The van der Waals surface area contributed by atoms with E-state index < -0.39 is 0 Å². The molecule has 122 valence electrons. The second-order valence-corrected chi connectivity index (χ2v) is 7.55. The van der Waals surface area contributed by atoms with E-state index >= 15 is 0 Å². The molecule has 0 rings (SSSR count). The van der Waals surface area contributed by atoms with Crippen LogP contribution in [0, 0.1) is 0 Å². The second-order valence-electron chi connectivity index (χ2n) is 6.27. The van der Waals surface area contributed by atoms with Crippen LogP contribution in [0.25, 0.3) is 0 Å². The standard InChI is InChI=1S/C18H36Cl2/c1-4-7-10-11-12-13-14-17(19)18(20,15-8-5-2)16-9-6-3/h17H,4-16H2,1-3H3. The predicted octanol–water partition coefficient (Wildman–Crippen LogP) is 7.70. The average molecular weight is 323 g/mol. The highest BCUT2D eigenvalue weighted by Gasteiger charge is 2.33. The molecule has 0 aliphatic carbocycles. The van der Waals surface area contributed by atoms with E-state index in [4.69, 9.17) is 23.2 Å². The van der Waals surface area contributed by atoms with E-state index in [0.29, 0.717) is 0 Å². The molecule has 20 heavy (non-hydrogen) atoms. The van der Waals surface area contributed by atoms with Crippen molar-refractivity contribution >= 4 is 23.2 Å². The van der Waals surface area contributed by atoms with Crippen LogP contribution in [-0.2, 0) is 0 Å². The predicted molar refractivity (Wildman–Crippen MR) is 95.3 cm³/mol. The van der Waals surface area contributed by atoms with Crippen LogP contribution in [0.1, 0.15) is 104 Å². The maximum absolute atomic E-state index is 6.88. The van der Waals surface area contributed by atoms with Crippen molar-refractivity contribution in [1.82, 2.24) is 0 Å². The van der Waals surface area contributed by atoms with Gasteiger partial charge in [-0.15, -0.1) is 23.2 Å². The van der Waals surface area contributed by atoms with E-state index in [2.05, 4.69) is 20.8 Å². The highest BCUT2D eigenvalue weighted by Crippen LogP contribution is 2.38. The van der Waals surface area contributed by atoms with E-state index in [1.54, 1.807) is 0 Å². The zero-order valence-corrected chi connectivity index (χ0v) is 15.5. The van der Waals surface area contributed by atoms with E-state index in [1.807, 2.05) is 0 Å². The van der Waals surface area contributed by atoms with Crippen molar-refractivity contribution in [2.45, 2.75) is 114 Å². The van der Waals surface area contributed by atoms with Crippen molar-refractivity contribution in [2.75, 3.05) is 0 Å². The summed E-state index contributed by atoms with van der Waals surface area (Å²) >= 11 is 13.5. The summed E-state index contributed by atoms with van der Waals surface area (Å²) in [6, 6.07) is 0. The van der Waals surface area contributed by atoms with E-state index in [1.165, 1.54) is 64.2 Å². The molecule has 0 aromatic heterocycles. The van der Waals surface area contributed by atoms with Gasteiger partial charge in [0.15, 0.2) is 0 Å². The first-order valence-electron chi connectivity index (χ1n) is 8.93. The van der Waals surface area contributed by atoms with Gasteiger partial charge in [0, 0.05) is 0 Å². The largest absolute Gasteiger partial charge is 0.121 e. The Morgan fingerprint density at radius 2 is 1.15 bits per heavy atom. The quantitative estimate of drug-likeness (QED) is 0.227. The minimum atomic E-state index is -0.156. The Kier molecular flexibility index (Phi) is 13.6. The van der Waals surface area contributed by atoms with Crippen LogP contribution in [0.5, 0.6) is 0 Å². The Morgan fingerprint density at radius 3 is 1.65 bits per heavy atom. The molecular formula is C18H36Cl2. The molecule has 0 nitrogen and oxygen atoms in total. The Balaban J connectivity index is 4.02. The van der Waals surface area contributed by atoms with E-state index in [0.717, 1.165) is 19.3 Å². The van der Waals surface area contributed by atoms with Gasteiger partial charge in [-0.3, -0.25) is 0 Å². The lowest BCUT2D eigenvalue weighted by molar-refractivity contribution is 0.414. The number of unbranched alkanes of at least 4 members (excludes halogenated alkanes) is 7. The van der Waals surface area contributed by atoms with Gasteiger partial charge in [-0.2, -0.15) is 0 Å². The molecule has 0 aliphatic rings. The fourth-order valence-corrected chi connectivity index (χ4v) is 3.49. The van der Waals surface area contributed by atoms with Crippen molar-refractivity contribution in [3.63, 3.8) is 0 Å². The number of alkyl halides is 2. The van der Waals surface area contributed by atoms with Gasteiger partial charge in [0.1, 0.15) is 0 Å². The molecule has 0 heterocycles. The summed E-state index contributed by atoms with van der Waals surface area (Å²) in [7, 11) is 0. The minimum absolute atomic E-state index is 0.147. The first kappa shape index (κ1) is 20.6. The summed E-state index contributed by atoms with van der Waals surface area (Å²) in [5.74, 6) is 0. The molecule has 0 bridgehead atoms. The van der Waals surface area contributed by atoms with E-state index in [-0.39, 0.29) is 10.3 Å². The molecule has 1 unspecified atom stereocenters. The third-order valence-electron chi connectivity index (χ3n) is 4.26. The molecule has 0 aromatic rings. The molecule has 2 heteroatoms. The van der Waals surface area contributed by atoms with Crippen molar-refractivity contribution < 1.29 is 0 Å². The fourth-order valence-electron chi connectivity index (χ4n) is 2.74. The van der Waals surface area contributed by atoms with Gasteiger partial charge in [-0.1, -0.05) is 85.0 Å². The summed E-state index contributed by atoms with van der Waals surface area (Å²) in [6.45, 7) is 6.72. The lowest BCUT2D eigenvalue weighted by Gasteiger charge is -2.32. The Hall–Kier alpha value is 0.580. The Bertz CT molecular complexity index is 196. The van der Waals surface area contributed by atoms with Gasteiger partial charge in [0.2, 0.25) is 0 Å². The van der Waals surface area contributed by atoms with E-state index in [9.17, 15) is 0 Å². The summed E-state index contributed by atoms with van der Waals surface area (Å²) in [5, 5.41) is 0.147. The summed E-state index contributed by atoms with van der Waals surface area (Å²) in [4.78, 5) is -0.156. The van der Waals surface area contributed by atoms with Crippen molar-refractivity contribution in [1.29, 1.82) is 0 Å². The Labute approximate surface area is 138 Å². The zero-order valence-electron chi connectivity index (χ0n) is 14.0. The van der Waals surface area contributed by atoms with Crippen LogP contribution in [0.3, 0.4) is 0 Å². The summed E-state index contributed by atoms with van der Waals surface area (Å²) in [5.41, 5.74) is 0. The summed E-state index contributed by atoms with van der Waals surface area (Å²) < 4.78 is 0. The highest BCUT2D eigenvalue weighted by molar-refractivity contribution is 6.32. The normalized spacial score (nSPS) is 13.7. The molecule has 0 fully saturated rings. The van der Waals surface area contributed by atoms with Crippen LogP contribution < -0.4 is 0 Å². The van der Waals surface area contributed by atoms with Crippen LogP contribution in [-0.4, -0.2) is 10.3 Å². The molecule has 0 spiro atoms. The smallest absolute Gasteiger partial charge is 0.0609 e. The molecule has 0 saturated carbocycles. The first-order valence-corrected chi connectivity index (χ1v) is 9.75. The first-order chi connectivity index (χ1) is 9.60. The molecule has 0 amide bonds. The van der Waals surface area contributed by atoms with Crippen LogP contribution in [0.4, 0.5) is 0 Å².